The molecule has 2 N–H and O–H groups in total. The minimum absolute atomic E-state index is 0.262. The number of carbonyl (C=O) groups excluding carboxylic acids is 1. The number of anilines is 4. The first-order chi connectivity index (χ1) is 16.9. The Kier molecular flexibility index (Phi) is 6.91. The summed E-state index contributed by atoms with van der Waals surface area (Å²) in [5.74, 6) is 2.40. The Labute approximate surface area is 213 Å². The van der Waals surface area contributed by atoms with Crippen LogP contribution in [-0.4, -0.2) is 67.2 Å². The van der Waals surface area contributed by atoms with Crippen LogP contribution in [0.3, 0.4) is 0 Å². The molecule has 3 aliphatic rings. The van der Waals surface area contributed by atoms with Crippen molar-refractivity contribution in [1.82, 2.24) is 9.97 Å². The van der Waals surface area contributed by atoms with Gasteiger partial charge in [0, 0.05) is 75.4 Å². The fourth-order valence-corrected chi connectivity index (χ4v) is 5.98. The number of rotatable bonds is 5. The molecule has 2 unspecified atom stereocenters. The summed E-state index contributed by atoms with van der Waals surface area (Å²) in [6.07, 6.45) is 7.74. The number of pyridine rings is 2. The molecule has 0 radical (unpaired) electrons. The lowest BCUT2D eigenvalue weighted by Crippen LogP contribution is -2.52. The third-order valence-corrected chi connectivity index (χ3v) is 7.95. The zero-order valence-electron chi connectivity index (χ0n) is 20.8. The highest BCUT2D eigenvalue weighted by Gasteiger charge is 2.29. The first-order valence-corrected chi connectivity index (χ1v) is 13.3. The molecule has 0 saturated carbocycles. The zero-order chi connectivity index (χ0) is 24.5. The van der Waals surface area contributed by atoms with Crippen molar-refractivity contribution in [3.63, 3.8) is 0 Å². The van der Waals surface area contributed by atoms with Crippen LogP contribution in [0, 0.1) is 0 Å². The van der Waals surface area contributed by atoms with Gasteiger partial charge in [-0.1, -0.05) is 11.6 Å². The zero-order valence-corrected chi connectivity index (χ0v) is 21.5. The standard InChI is InChI=1S/C26H36ClN7O/c1-18-7-6-10-34(18)24-15-21(14-23(30-24)31-8-4-3-5-9-31)33-12-11-32(17-19(33)2)26-22(27)13-20(16-29-26)25(28)35/h13-16,18-19H,3-12,17H2,1-2H3,(H2,28,35). The van der Waals surface area contributed by atoms with E-state index in [0.717, 1.165) is 50.9 Å². The first-order valence-electron chi connectivity index (χ1n) is 12.9. The second-order valence-corrected chi connectivity index (χ2v) is 10.6. The van der Waals surface area contributed by atoms with Crippen LogP contribution in [0.15, 0.2) is 24.4 Å². The number of primary amides is 1. The van der Waals surface area contributed by atoms with E-state index in [1.807, 2.05) is 0 Å². The van der Waals surface area contributed by atoms with Crippen molar-refractivity contribution in [2.24, 2.45) is 5.73 Å². The van der Waals surface area contributed by atoms with Gasteiger partial charge in [-0.15, -0.1) is 0 Å². The molecule has 5 heterocycles. The number of piperidine rings is 1. The van der Waals surface area contributed by atoms with E-state index >= 15 is 0 Å². The minimum atomic E-state index is -0.519. The van der Waals surface area contributed by atoms with Crippen LogP contribution >= 0.6 is 11.6 Å². The van der Waals surface area contributed by atoms with Crippen LogP contribution in [0.25, 0.3) is 0 Å². The number of halogens is 1. The van der Waals surface area contributed by atoms with Crippen molar-refractivity contribution in [2.75, 3.05) is 58.9 Å². The molecule has 3 saturated heterocycles. The molecule has 0 aliphatic carbocycles. The van der Waals surface area contributed by atoms with Gasteiger partial charge in [0.2, 0.25) is 5.91 Å². The van der Waals surface area contributed by atoms with E-state index < -0.39 is 5.91 Å². The maximum atomic E-state index is 11.5. The van der Waals surface area contributed by atoms with Crippen LogP contribution < -0.4 is 25.3 Å². The monoisotopic (exact) mass is 497 g/mol. The number of amides is 1. The lowest BCUT2D eigenvalue weighted by molar-refractivity contribution is 0.1000. The third-order valence-electron chi connectivity index (χ3n) is 7.68. The summed E-state index contributed by atoms with van der Waals surface area (Å²) >= 11 is 6.48. The summed E-state index contributed by atoms with van der Waals surface area (Å²) in [4.78, 5) is 30.7. The number of hydrogen-bond acceptors (Lipinski definition) is 7. The van der Waals surface area contributed by atoms with Gasteiger partial charge in [-0.25, -0.2) is 9.97 Å². The van der Waals surface area contributed by atoms with E-state index in [2.05, 4.69) is 50.6 Å². The molecule has 3 aliphatic heterocycles. The summed E-state index contributed by atoms with van der Waals surface area (Å²) in [5, 5.41) is 0.462. The van der Waals surface area contributed by atoms with Crippen molar-refractivity contribution in [3.05, 3.63) is 35.0 Å². The highest BCUT2D eigenvalue weighted by Crippen LogP contribution is 2.34. The van der Waals surface area contributed by atoms with Crippen LogP contribution in [0.1, 0.15) is 56.3 Å². The van der Waals surface area contributed by atoms with Crippen LogP contribution in [0.4, 0.5) is 23.1 Å². The maximum absolute atomic E-state index is 11.5. The molecule has 188 valence electrons. The molecule has 2 aromatic heterocycles. The van der Waals surface area contributed by atoms with Crippen molar-refractivity contribution < 1.29 is 4.79 Å². The smallest absolute Gasteiger partial charge is 0.250 e. The molecule has 3 fully saturated rings. The van der Waals surface area contributed by atoms with E-state index in [0.29, 0.717) is 22.4 Å². The van der Waals surface area contributed by atoms with Crippen molar-refractivity contribution >= 4 is 40.6 Å². The van der Waals surface area contributed by atoms with E-state index in [4.69, 9.17) is 22.3 Å². The molecule has 5 rings (SSSR count). The quantitative estimate of drug-likeness (QED) is 0.670. The molecule has 8 nitrogen and oxygen atoms in total. The lowest BCUT2D eigenvalue weighted by Gasteiger charge is -2.42. The van der Waals surface area contributed by atoms with E-state index in [1.54, 1.807) is 6.07 Å². The number of piperazine rings is 1. The summed E-state index contributed by atoms with van der Waals surface area (Å²) in [6, 6.07) is 6.97. The number of nitrogens with two attached hydrogens (primary N) is 1. The summed E-state index contributed by atoms with van der Waals surface area (Å²) in [7, 11) is 0. The normalized spacial score (nSPS) is 23.2. The Morgan fingerprint density at radius 1 is 0.914 bits per heavy atom. The van der Waals surface area contributed by atoms with Gasteiger partial charge >= 0.3 is 0 Å². The minimum Gasteiger partial charge on any atom is -0.366 e. The third kappa shape index (κ3) is 4.99. The van der Waals surface area contributed by atoms with Gasteiger partial charge in [-0.05, 0) is 52.0 Å². The number of aromatic nitrogens is 2. The number of carbonyl (C=O) groups is 1. The van der Waals surface area contributed by atoms with Gasteiger partial charge in [0.1, 0.15) is 17.5 Å². The predicted octanol–water partition coefficient (Wildman–Crippen LogP) is 3.92. The molecule has 35 heavy (non-hydrogen) atoms. The summed E-state index contributed by atoms with van der Waals surface area (Å²) < 4.78 is 0. The van der Waals surface area contributed by atoms with E-state index in [1.165, 1.54) is 44.0 Å². The van der Waals surface area contributed by atoms with Gasteiger partial charge in [-0.3, -0.25) is 4.79 Å². The van der Waals surface area contributed by atoms with E-state index in [-0.39, 0.29) is 6.04 Å². The first kappa shape index (κ1) is 24.0. The molecule has 1 amide bonds. The predicted molar refractivity (Wildman–Crippen MR) is 143 cm³/mol. The second-order valence-electron chi connectivity index (χ2n) is 10.2. The summed E-state index contributed by atoms with van der Waals surface area (Å²) in [5.41, 5.74) is 6.95. The second kappa shape index (κ2) is 10.1. The average Bonchev–Trinajstić information content (AvgIpc) is 3.30. The maximum Gasteiger partial charge on any atom is 0.250 e. The highest BCUT2D eigenvalue weighted by molar-refractivity contribution is 6.33. The molecule has 2 aromatic rings. The lowest BCUT2D eigenvalue weighted by atomic mass is 10.1. The van der Waals surface area contributed by atoms with Crippen molar-refractivity contribution in [2.45, 2.75) is 58.0 Å². The summed E-state index contributed by atoms with van der Waals surface area (Å²) in [6.45, 7) is 10.2. The van der Waals surface area contributed by atoms with Gasteiger partial charge in [0.15, 0.2) is 0 Å². The number of hydrogen-bond donors (Lipinski definition) is 1. The topological polar surface area (TPSA) is 81.8 Å². The molecule has 0 bridgehead atoms. The molecule has 2 atom stereocenters. The van der Waals surface area contributed by atoms with Gasteiger partial charge in [-0.2, -0.15) is 0 Å². The molecule has 0 spiro atoms. The van der Waals surface area contributed by atoms with Gasteiger partial charge < -0.3 is 25.3 Å². The fourth-order valence-electron chi connectivity index (χ4n) is 5.69. The Hall–Kier alpha value is -2.74. The largest absolute Gasteiger partial charge is 0.366 e. The molecular weight excluding hydrogens is 462 g/mol. The Morgan fingerprint density at radius 2 is 1.69 bits per heavy atom. The van der Waals surface area contributed by atoms with Crippen LogP contribution in [0.5, 0.6) is 0 Å². The molecule has 0 aromatic carbocycles. The fraction of sp³-hybridized carbons (Fsp3) is 0.577. The number of nitrogens with zero attached hydrogens (tertiary/aromatic N) is 6. The van der Waals surface area contributed by atoms with Crippen LogP contribution in [-0.2, 0) is 0 Å². The SMILES string of the molecule is CC1CN(c2ncc(C(N)=O)cc2Cl)CCN1c1cc(N2CCCCC2)nc(N2CCCC2C)c1. The molecular formula is C26H36ClN7O. The van der Waals surface area contributed by atoms with Crippen molar-refractivity contribution in [3.8, 4) is 0 Å². The molecule has 9 heteroatoms. The van der Waals surface area contributed by atoms with Gasteiger partial charge in [0.05, 0.1) is 10.6 Å². The van der Waals surface area contributed by atoms with Crippen molar-refractivity contribution in [1.29, 1.82) is 0 Å². The van der Waals surface area contributed by atoms with Crippen LogP contribution in [0.2, 0.25) is 5.02 Å². The Balaban J connectivity index is 1.40. The highest BCUT2D eigenvalue weighted by atomic mass is 35.5. The van der Waals surface area contributed by atoms with E-state index in [9.17, 15) is 4.79 Å². The average molecular weight is 498 g/mol. The van der Waals surface area contributed by atoms with Gasteiger partial charge in [0.25, 0.3) is 0 Å². The Bertz CT molecular complexity index is 1070. The Morgan fingerprint density at radius 3 is 2.34 bits per heavy atom.